The van der Waals surface area contributed by atoms with Crippen molar-refractivity contribution in [1.29, 1.82) is 0 Å². The van der Waals surface area contributed by atoms with Crippen molar-refractivity contribution in [1.82, 2.24) is 0 Å². The van der Waals surface area contributed by atoms with Gasteiger partial charge in [-0.05, 0) is 42.3 Å². The molecule has 0 aliphatic carbocycles. The summed E-state index contributed by atoms with van der Waals surface area (Å²) < 4.78 is 5.26. The Kier molecular flexibility index (Phi) is 6.47. The number of nitrogens with zero attached hydrogens (tertiary/aromatic N) is 1. The molecule has 0 fully saturated rings. The molecule has 1 N–H and O–H groups in total. The summed E-state index contributed by atoms with van der Waals surface area (Å²) in [7, 11) is 3.68. The summed E-state index contributed by atoms with van der Waals surface area (Å²) in [6, 6.07) is 15.9. The molecule has 2 aromatic carbocycles. The van der Waals surface area contributed by atoms with Crippen LogP contribution < -0.4 is 9.64 Å². The van der Waals surface area contributed by atoms with E-state index >= 15 is 0 Å². The molecular formula is C21H23NO3. The molecule has 0 saturated heterocycles. The molecule has 0 amide bonds. The van der Waals surface area contributed by atoms with Crippen LogP contribution in [0.1, 0.15) is 30.4 Å². The molecule has 0 aliphatic rings. The third kappa shape index (κ3) is 5.29. The first-order valence-corrected chi connectivity index (χ1v) is 8.11. The van der Waals surface area contributed by atoms with Crippen molar-refractivity contribution in [2.45, 2.75) is 25.8 Å². The van der Waals surface area contributed by atoms with Crippen LogP contribution in [0.3, 0.4) is 0 Å². The van der Waals surface area contributed by atoms with E-state index in [1.54, 1.807) is 14.0 Å². The second kappa shape index (κ2) is 8.79. The van der Waals surface area contributed by atoms with E-state index in [2.05, 4.69) is 22.8 Å². The zero-order valence-corrected chi connectivity index (χ0v) is 14.8. The largest absolute Gasteiger partial charge is 0.497 e. The van der Waals surface area contributed by atoms with Crippen molar-refractivity contribution in [2.24, 2.45) is 0 Å². The first-order valence-electron chi connectivity index (χ1n) is 8.11. The summed E-state index contributed by atoms with van der Waals surface area (Å²) in [6.45, 7) is 2.48. The molecule has 0 saturated carbocycles. The number of ether oxygens (including phenoxy) is 1. The summed E-state index contributed by atoms with van der Waals surface area (Å²) in [6.07, 6.45) is 0.0137. The van der Waals surface area contributed by atoms with Gasteiger partial charge in [0.15, 0.2) is 0 Å². The maximum absolute atomic E-state index is 11.0. The third-order valence-corrected chi connectivity index (χ3v) is 3.99. The minimum absolute atomic E-state index is 0.0137. The van der Waals surface area contributed by atoms with E-state index in [9.17, 15) is 4.79 Å². The lowest BCUT2D eigenvalue weighted by Crippen LogP contribution is -2.16. The van der Waals surface area contributed by atoms with Crippen molar-refractivity contribution >= 4 is 11.7 Å². The fourth-order valence-corrected chi connectivity index (χ4v) is 2.70. The van der Waals surface area contributed by atoms with Crippen LogP contribution in [0.25, 0.3) is 0 Å². The van der Waals surface area contributed by atoms with Gasteiger partial charge >= 0.3 is 5.97 Å². The lowest BCUT2D eigenvalue weighted by molar-refractivity contribution is -0.137. The normalized spacial score (nSPS) is 11.2. The van der Waals surface area contributed by atoms with Crippen LogP contribution in [0.15, 0.2) is 48.5 Å². The quantitative estimate of drug-likeness (QED) is 0.778. The Bertz CT molecular complexity index is 772. The fourth-order valence-electron chi connectivity index (χ4n) is 2.70. The molecule has 1 unspecified atom stereocenters. The molecule has 0 radical (unpaired) electrons. The van der Waals surface area contributed by atoms with Gasteiger partial charge in [0.2, 0.25) is 0 Å². The average molecular weight is 337 g/mol. The predicted molar refractivity (Wildman–Crippen MR) is 100.0 cm³/mol. The minimum Gasteiger partial charge on any atom is -0.497 e. The van der Waals surface area contributed by atoms with Crippen LogP contribution in [0.4, 0.5) is 5.69 Å². The number of benzene rings is 2. The molecule has 0 heterocycles. The maximum atomic E-state index is 11.0. The Balaban J connectivity index is 2.11. The summed E-state index contributed by atoms with van der Waals surface area (Å²) in [4.78, 5) is 13.1. The summed E-state index contributed by atoms with van der Waals surface area (Å²) in [5, 5.41) is 9.04. The van der Waals surface area contributed by atoms with E-state index in [1.807, 2.05) is 49.5 Å². The van der Waals surface area contributed by atoms with Crippen LogP contribution >= 0.6 is 0 Å². The second-order valence-corrected chi connectivity index (χ2v) is 5.84. The molecule has 4 nitrogen and oxygen atoms in total. The van der Waals surface area contributed by atoms with Crippen molar-refractivity contribution in [3.63, 3.8) is 0 Å². The van der Waals surface area contributed by atoms with Gasteiger partial charge in [-0.15, -0.1) is 5.92 Å². The number of aliphatic carboxylic acids is 1. The fraction of sp³-hybridized carbons (Fsp3) is 0.286. The van der Waals surface area contributed by atoms with Gasteiger partial charge in [-0.2, -0.15) is 0 Å². The molecule has 4 heteroatoms. The highest BCUT2D eigenvalue weighted by Gasteiger charge is 2.13. The van der Waals surface area contributed by atoms with Gasteiger partial charge in [0.05, 0.1) is 19.4 Å². The highest BCUT2D eigenvalue weighted by molar-refractivity contribution is 5.69. The monoisotopic (exact) mass is 337 g/mol. The Morgan fingerprint density at radius 1 is 1.24 bits per heavy atom. The number of rotatable bonds is 7. The number of hydrogen-bond acceptors (Lipinski definition) is 3. The highest BCUT2D eigenvalue weighted by atomic mass is 16.5. The van der Waals surface area contributed by atoms with E-state index in [0.717, 1.165) is 29.1 Å². The average Bonchev–Trinajstić information content (AvgIpc) is 2.61. The lowest BCUT2D eigenvalue weighted by Gasteiger charge is -2.20. The molecule has 25 heavy (non-hydrogen) atoms. The molecule has 0 bridgehead atoms. The van der Waals surface area contributed by atoms with E-state index in [4.69, 9.17) is 9.84 Å². The Morgan fingerprint density at radius 3 is 2.56 bits per heavy atom. The number of carboxylic acid groups (broad SMARTS) is 1. The van der Waals surface area contributed by atoms with Crippen LogP contribution in [0.2, 0.25) is 0 Å². The van der Waals surface area contributed by atoms with E-state index in [0.29, 0.717) is 0 Å². The van der Waals surface area contributed by atoms with Gasteiger partial charge in [-0.25, -0.2) is 0 Å². The van der Waals surface area contributed by atoms with Crippen molar-refractivity contribution in [3.8, 4) is 17.6 Å². The summed E-state index contributed by atoms with van der Waals surface area (Å²) >= 11 is 0. The first-order chi connectivity index (χ1) is 12.0. The highest BCUT2D eigenvalue weighted by Crippen LogP contribution is 2.24. The standard InChI is InChI=1S/C21H23NO3/c1-4-6-18(14-21(23)24)17-9-11-19(12-10-17)22(2)15-16-7-5-8-20(13-16)25-3/h5,7-13,18H,14-15H2,1-3H3,(H,23,24). The molecule has 130 valence electrons. The van der Waals surface area contributed by atoms with Gasteiger partial charge in [0.25, 0.3) is 0 Å². The molecule has 1 atom stereocenters. The second-order valence-electron chi connectivity index (χ2n) is 5.84. The summed E-state index contributed by atoms with van der Waals surface area (Å²) in [5.74, 6) is 5.52. The van der Waals surface area contributed by atoms with Gasteiger partial charge in [-0.3, -0.25) is 4.79 Å². The first kappa shape index (κ1) is 18.4. The van der Waals surface area contributed by atoms with Crippen LogP contribution in [-0.2, 0) is 11.3 Å². The molecule has 0 spiro atoms. The van der Waals surface area contributed by atoms with Gasteiger partial charge in [-0.1, -0.05) is 30.2 Å². The smallest absolute Gasteiger partial charge is 0.304 e. The van der Waals surface area contributed by atoms with Gasteiger partial charge in [0, 0.05) is 19.3 Å². The minimum atomic E-state index is -0.841. The Morgan fingerprint density at radius 2 is 1.96 bits per heavy atom. The van der Waals surface area contributed by atoms with Gasteiger partial charge in [0.1, 0.15) is 5.75 Å². The third-order valence-electron chi connectivity index (χ3n) is 3.99. The molecule has 0 aromatic heterocycles. The SMILES string of the molecule is CC#CC(CC(=O)O)c1ccc(N(C)Cc2cccc(OC)c2)cc1. The van der Waals surface area contributed by atoms with Crippen molar-refractivity contribution < 1.29 is 14.6 Å². The predicted octanol–water partition coefficient (Wildman–Crippen LogP) is 3.91. The number of anilines is 1. The Labute approximate surface area is 149 Å². The van der Waals surface area contributed by atoms with Gasteiger partial charge < -0.3 is 14.7 Å². The number of hydrogen-bond donors (Lipinski definition) is 1. The molecule has 2 rings (SSSR count). The van der Waals surface area contributed by atoms with Crippen LogP contribution in [-0.4, -0.2) is 25.2 Å². The maximum Gasteiger partial charge on any atom is 0.304 e. The van der Waals surface area contributed by atoms with E-state index in [1.165, 1.54) is 0 Å². The zero-order valence-electron chi connectivity index (χ0n) is 14.8. The zero-order chi connectivity index (χ0) is 18.2. The lowest BCUT2D eigenvalue weighted by atomic mass is 9.96. The number of methoxy groups -OCH3 is 1. The molecule has 2 aromatic rings. The summed E-state index contributed by atoms with van der Waals surface area (Å²) in [5.41, 5.74) is 3.15. The van der Waals surface area contributed by atoms with Crippen LogP contribution in [0, 0.1) is 11.8 Å². The number of carbonyl (C=O) groups is 1. The van der Waals surface area contributed by atoms with Crippen molar-refractivity contribution in [3.05, 3.63) is 59.7 Å². The Hall–Kier alpha value is -2.93. The number of carboxylic acids is 1. The topological polar surface area (TPSA) is 49.8 Å². The van der Waals surface area contributed by atoms with E-state index < -0.39 is 5.97 Å². The molecule has 0 aliphatic heterocycles. The molecular weight excluding hydrogens is 314 g/mol. The van der Waals surface area contributed by atoms with Crippen molar-refractivity contribution in [2.75, 3.05) is 19.1 Å². The van der Waals surface area contributed by atoms with E-state index in [-0.39, 0.29) is 12.3 Å². The van der Waals surface area contributed by atoms with Crippen LogP contribution in [0.5, 0.6) is 5.75 Å².